The molecule has 0 amide bonds. The van der Waals surface area contributed by atoms with Gasteiger partial charge in [-0.2, -0.15) is 0 Å². The van der Waals surface area contributed by atoms with E-state index in [-0.39, 0.29) is 10.6 Å². The molecule has 7 nitrogen and oxygen atoms in total. The average molecular weight is 428 g/mol. The van der Waals surface area contributed by atoms with Crippen LogP contribution in [0, 0.1) is 10.1 Å². The highest BCUT2D eigenvalue weighted by Gasteiger charge is 2.27. The molecule has 0 unspecified atom stereocenters. The van der Waals surface area contributed by atoms with Crippen LogP contribution in [0.25, 0.3) is 0 Å². The summed E-state index contributed by atoms with van der Waals surface area (Å²) in [5.41, 5.74) is 3.48. The smallest absolute Gasteiger partial charge is 0.312 e. The Bertz CT molecular complexity index is 973. The normalized spacial score (nSPS) is 13.4. The Kier molecular flexibility index (Phi) is 4.89. The number of fused-ring (bicyclic) bond motifs is 1. The van der Waals surface area contributed by atoms with Gasteiger partial charge < -0.3 is 9.47 Å². The van der Waals surface area contributed by atoms with Gasteiger partial charge in [0.25, 0.3) is 0 Å². The molecule has 0 saturated carbocycles. The summed E-state index contributed by atoms with van der Waals surface area (Å²) in [7, 11) is 0. The van der Waals surface area contributed by atoms with Gasteiger partial charge in [-0.1, -0.05) is 30.3 Å². The van der Waals surface area contributed by atoms with Crippen LogP contribution in [0.5, 0.6) is 0 Å². The molecule has 0 atom stereocenters. The highest BCUT2D eigenvalue weighted by atomic mass is 79.9. The lowest BCUT2D eigenvalue weighted by Crippen LogP contribution is -2.32. The van der Waals surface area contributed by atoms with Gasteiger partial charge in [0.05, 0.1) is 23.5 Å². The quantitative estimate of drug-likeness (QED) is 0.457. The van der Waals surface area contributed by atoms with Crippen LogP contribution in [0.3, 0.4) is 0 Å². The number of hydrogen-bond acceptors (Lipinski definition) is 5. The molecule has 1 aliphatic rings. The molecule has 3 aromatic rings. The largest absolute Gasteiger partial charge is 0.345 e. The number of nitrogens with zero attached hydrogens (tertiary/aromatic N) is 5. The molecule has 0 spiro atoms. The molecule has 0 saturated heterocycles. The Morgan fingerprint density at radius 2 is 2.04 bits per heavy atom. The van der Waals surface area contributed by atoms with Crippen LogP contribution in [-0.2, 0) is 25.9 Å². The van der Waals surface area contributed by atoms with E-state index in [0.29, 0.717) is 23.4 Å². The van der Waals surface area contributed by atoms with Gasteiger partial charge in [0.15, 0.2) is 0 Å². The van der Waals surface area contributed by atoms with Crippen LogP contribution < -0.4 is 4.90 Å². The zero-order valence-corrected chi connectivity index (χ0v) is 16.2. The van der Waals surface area contributed by atoms with Crippen molar-refractivity contribution in [2.45, 2.75) is 25.9 Å². The zero-order valence-electron chi connectivity index (χ0n) is 14.6. The van der Waals surface area contributed by atoms with Crippen LogP contribution in [0.15, 0.2) is 53.4 Å². The van der Waals surface area contributed by atoms with Gasteiger partial charge in [0, 0.05) is 41.9 Å². The third kappa shape index (κ3) is 3.71. The molecule has 0 bridgehead atoms. The second-order valence-corrected chi connectivity index (χ2v) is 7.41. The van der Waals surface area contributed by atoms with E-state index < -0.39 is 0 Å². The minimum absolute atomic E-state index is 0.0105. The number of pyridine rings is 1. The summed E-state index contributed by atoms with van der Waals surface area (Å²) in [5, 5.41) is 11.4. The van der Waals surface area contributed by atoms with Crippen LogP contribution in [-0.4, -0.2) is 26.0 Å². The maximum atomic E-state index is 11.4. The molecule has 0 aliphatic carbocycles. The fraction of sp³-hybridized carbons (Fsp3) is 0.263. The number of anilines is 1. The molecule has 2 aromatic heterocycles. The first kappa shape index (κ1) is 17.7. The average Bonchev–Trinajstić information content (AvgIpc) is 3.09. The minimum Gasteiger partial charge on any atom is -0.345 e. The van der Waals surface area contributed by atoms with Crippen LogP contribution in [0.2, 0.25) is 0 Å². The number of rotatable bonds is 5. The fourth-order valence-corrected chi connectivity index (χ4v) is 3.76. The highest BCUT2D eigenvalue weighted by molar-refractivity contribution is 9.10. The van der Waals surface area contributed by atoms with E-state index in [4.69, 9.17) is 0 Å². The van der Waals surface area contributed by atoms with Gasteiger partial charge in [0.1, 0.15) is 0 Å². The predicted molar refractivity (Wildman–Crippen MR) is 106 cm³/mol. The second-order valence-electron chi connectivity index (χ2n) is 6.49. The van der Waals surface area contributed by atoms with E-state index in [0.717, 1.165) is 25.1 Å². The third-order valence-corrected chi connectivity index (χ3v) is 5.22. The van der Waals surface area contributed by atoms with Crippen molar-refractivity contribution in [1.82, 2.24) is 14.5 Å². The van der Waals surface area contributed by atoms with E-state index in [9.17, 15) is 10.1 Å². The summed E-state index contributed by atoms with van der Waals surface area (Å²) < 4.78 is 2.80. The molecular weight excluding hydrogens is 410 g/mol. The summed E-state index contributed by atoms with van der Waals surface area (Å²) in [6.07, 6.45) is 5.21. The molecule has 0 N–H and O–H groups in total. The number of aromatic nitrogens is 3. The highest BCUT2D eigenvalue weighted by Crippen LogP contribution is 2.31. The van der Waals surface area contributed by atoms with E-state index in [1.165, 1.54) is 17.3 Å². The SMILES string of the molecule is O=[N+]([O-])c1cc(Br)cnc1N1CCc2c(ncn2CCc2ccccc2)C1. The number of hydrogen-bond donors (Lipinski definition) is 0. The maximum Gasteiger partial charge on any atom is 0.312 e. The summed E-state index contributed by atoms with van der Waals surface area (Å²) >= 11 is 3.25. The predicted octanol–water partition coefficient (Wildman–Crippen LogP) is 3.75. The lowest BCUT2D eigenvalue weighted by Gasteiger charge is -2.27. The lowest BCUT2D eigenvalue weighted by atomic mass is 10.1. The van der Waals surface area contributed by atoms with Crippen molar-refractivity contribution in [3.05, 3.63) is 80.5 Å². The molecule has 0 radical (unpaired) electrons. The zero-order chi connectivity index (χ0) is 18.8. The first-order valence-electron chi connectivity index (χ1n) is 8.73. The molecule has 1 aromatic carbocycles. The number of imidazole rings is 1. The number of benzene rings is 1. The Morgan fingerprint density at radius 3 is 2.81 bits per heavy atom. The summed E-state index contributed by atoms with van der Waals surface area (Å²) in [6, 6.07) is 11.9. The van der Waals surface area contributed by atoms with Crippen molar-refractivity contribution in [2.75, 3.05) is 11.4 Å². The Hall–Kier alpha value is -2.74. The van der Waals surface area contributed by atoms with Crippen molar-refractivity contribution in [2.24, 2.45) is 0 Å². The minimum atomic E-state index is -0.388. The van der Waals surface area contributed by atoms with Gasteiger partial charge in [-0.15, -0.1) is 0 Å². The summed E-state index contributed by atoms with van der Waals surface area (Å²) in [6.45, 7) is 2.09. The monoisotopic (exact) mass is 427 g/mol. The molecule has 138 valence electrons. The lowest BCUT2D eigenvalue weighted by molar-refractivity contribution is -0.384. The molecular formula is C19H18BrN5O2. The standard InChI is InChI=1S/C19H18BrN5O2/c20-15-10-18(25(26)27)19(21-11-15)23-9-7-17-16(12-23)22-13-24(17)8-6-14-4-2-1-3-5-14/h1-5,10-11,13H,6-9,12H2. The van der Waals surface area contributed by atoms with E-state index in [1.54, 1.807) is 6.20 Å². The van der Waals surface area contributed by atoms with E-state index >= 15 is 0 Å². The van der Waals surface area contributed by atoms with Crippen molar-refractivity contribution in [1.29, 1.82) is 0 Å². The van der Waals surface area contributed by atoms with Gasteiger partial charge in [-0.25, -0.2) is 9.97 Å². The molecule has 1 aliphatic heterocycles. The van der Waals surface area contributed by atoms with Crippen molar-refractivity contribution >= 4 is 27.4 Å². The number of nitro groups is 1. The first-order chi connectivity index (χ1) is 13.1. The first-order valence-corrected chi connectivity index (χ1v) is 9.53. The van der Waals surface area contributed by atoms with Crippen molar-refractivity contribution in [3.63, 3.8) is 0 Å². The van der Waals surface area contributed by atoms with E-state index in [1.807, 2.05) is 17.3 Å². The number of aryl methyl sites for hydroxylation is 2. The van der Waals surface area contributed by atoms with Gasteiger partial charge in [-0.05, 0) is 27.9 Å². The van der Waals surface area contributed by atoms with Crippen molar-refractivity contribution in [3.8, 4) is 0 Å². The topological polar surface area (TPSA) is 77.1 Å². The number of halogens is 1. The van der Waals surface area contributed by atoms with Crippen molar-refractivity contribution < 1.29 is 4.92 Å². The molecule has 4 rings (SSSR count). The summed E-state index contributed by atoms with van der Waals surface area (Å²) in [4.78, 5) is 21.8. The van der Waals surface area contributed by atoms with Crippen LogP contribution in [0.4, 0.5) is 11.5 Å². The molecule has 0 fully saturated rings. The van der Waals surface area contributed by atoms with Crippen LogP contribution in [0.1, 0.15) is 17.0 Å². The third-order valence-electron chi connectivity index (χ3n) is 4.79. The van der Waals surface area contributed by atoms with E-state index in [2.05, 4.69) is 54.7 Å². The van der Waals surface area contributed by atoms with Gasteiger partial charge in [-0.3, -0.25) is 10.1 Å². The van der Waals surface area contributed by atoms with Gasteiger partial charge in [0.2, 0.25) is 5.82 Å². The molecule has 27 heavy (non-hydrogen) atoms. The fourth-order valence-electron chi connectivity index (χ4n) is 3.44. The molecule has 8 heteroatoms. The Labute approximate surface area is 165 Å². The maximum absolute atomic E-state index is 11.4. The second kappa shape index (κ2) is 7.48. The van der Waals surface area contributed by atoms with Crippen LogP contribution >= 0.6 is 15.9 Å². The molecule has 3 heterocycles. The van der Waals surface area contributed by atoms with Gasteiger partial charge >= 0.3 is 5.69 Å². The Morgan fingerprint density at radius 1 is 1.22 bits per heavy atom. The summed E-state index contributed by atoms with van der Waals surface area (Å²) in [5.74, 6) is 0.396. The Balaban J connectivity index is 1.52.